The predicted octanol–water partition coefficient (Wildman–Crippen LogP) is 3.32. The molecule has 0 aromatic heterocycles. The highest BCUT2D eigenvalue weighted by atomic mass is 16.4. The lowest BCUT2D eigenvalue weighted by Crippen LogP contribution is -1.99. The summed E-state index contributed by atoms with van der Waals surface area (Å²) in [5.41, 5.74) is 1.47. The van der Waals surface area contributed by atoms with Crippen molar-refractivity contribution in [2.24, 2.45) is 0 Å². The van der Waals surface area contributed by atoms with Crippen molar-refractivity contribution >= 4 is 17.7 Å². The molecule has 1 aromatic rings. The normalized spacial score (nSPS) is 13.0. The Kier molecular flexibility index (Phi) is 6.76. The standard InChI is InChI=1S/C9H12O.C8H6O4/c1-2-3-8-4-6-9(10)7-5-8;9-7(10)5-1-2-6(4-3-5)8(11)12/h4-6H,2-3,7H2,1H3;1-4H,(H,9,10)(H,11,12). The second kappa shape index (κ2) is 8.56. The van der Waals surface area contributed by atoms with E-state index < -0.39 is 11.9 Å². The van der Waals surface area contributed by atoms with Crippen LogP contribution in [0, 0.1) is 0 Å². The van der Waals surface area contributed by atoms with Gasteiger partial charge < -0.3 is 10.2 Å². The molecule has 5 heteroatoms. The minimum absolute atomic E-state index is 0.0833. The number of carbonyl (C=O) groups is 3. The molecule has 5 nitrogen and oxygen atoms in total. The molecule has 1 aromatic carbocycles. The summed E-state index contributed by atoms with van der Waals surface area (Å²) in [4.78, 5) is 31.4. The number of rotatable bonds is 4. The van der Waals surface area contributed by atoms with Gasteiger partial charge in [-0.1, -0.05) is 31.1 Å². The monoisotopic (exact) mass is 302 g/mol. The van der Waals surface area contributed by atoms with Crippen molar-refractivity contribution in [3.8, 4) is 0 Å². The largest absolute Gasteiger partial charge is 0.478 e. The molecule has 0 unspecified atom stereocenters. The summed E-state index contributed by atoms with van der Waals surface area (Å²) >= 11 is 0. The van der Waals surface area contributed by atoms with Crippen LogP contribution in [-0.4, -0.2) is 27.9 Å². The topological polar surface area (TPSA) is 91.7 Å². The Balaban J connectivity index is 0.000000224. The average Bonchev–Trinajstić information content (AvgIpc) is 2.50. The van der Waals surface area contributed by atoms with Crippen LogP contribution in [0.25, 0.3) is 0 Å². The molecular weight excluding hydrogens is 284 g/mol. The Morgan fingerprint density at radius 3 is 1.82 bits per heavy atom. The van der Waals surface area contributed by atoms with E-state index in [-0.39, 0.29) is 16.9 Å². The zero-order chi connectivity index (χ0) is 16.5. The van der Waals surface area contributed by atoms with Crippen molar-refractivity contribution in [1.29, 1.82) is 0 Å². The Bertz CT molecular complexity index is 575. The Labute approximate surface area is 128 Å². The zero-order valence-corrected chi connectivity index (χ0v) is 12.3. The third-order valence-electron chi connectivity index (χ3n) is 2.97. The quantitative estimate of drug-likeness (QED) is 0.890. The highest BCUT2D eigenvalue weighted by Crippen LogP contribution is 2.12. The number of carboxylic acids is 2. The van der Waals surface area contributed by atoms with Gasteiger partial charge in [-0.25, -0.2) is 9.59 Å². The fraction of sp³-hybridized carbons (Fsp3) is 0.235. The van der Waals surface area contributed by atoms with Crippen LogP contribution in [0.4, 0.5) is 0 Å². The summed E-state index contributed by atoms with van der Waals surface area (Å²) in [5.74, 6) is -1.90. The first-order valence-electron chi connectivity index (χ1n) is 6.90. The average molecular weight is 302 g/mol. The summed E-state index contributed by atoms with van der Waals surface area (Å²) in [7, 11) is 0. The molecule has 22 heavy (non-hydrogen) atoms. The minimum atomic E-state index is -1.06. The van der Waals surface area contributed by atoms with Gasteiger partial charge in [0.15, 0.2) is 5.78 Å². The van der Waals surface area contributed by atoms with Gasteiger partial charge in [-0.2, -0.15) is 0 Å². The van der Waals surface area contributed by atoms with Gasteiger partial charge >= 0.3 is 11.9 Å². The first kappa shape index (κ1) is 17.4. The number of benzene rings is 1. The Morgan fingerprint density at radius 1 is 1.00 bits per heavy atom. The molecule has 0 fully saturated rings. The van der Waals surface area contributed by atoms with Gasteiger partial charge in [0, 0.05) is 6.42 Å². The Morgan fingerprint density at radius 2 is 1.50 bits per heavy atom. The van der Waals surface area contributed by atoms with Crippen LogP contribution >= 0.6 is 0 Å². The highest BCUT2D eigenvalue weighted by molar-refractivity contribution is 5.92. The van der Waals surface area contributed by atoms with Crippen LogP contribution < -0.4 is 0 Å². The molecule has 0 aliphatic heterocycles. The van der Waals surface area contributed by atoms with Crippen molar-refractivity contribution in [3.05, 3.63) is 59.2 Å². The number of allylic oxidation sites excluding steroid dienone is 4. The third kappa shape index (κ3) is 5.75. The second-order valence-corrected chi connectivity index (χ2v) is 4.72. The molecule has 116 valence electrons. The molecule has 0 saturated carbocycles. The van der Waals surface area contributed by atoms with E-state index in [9.17, 15) is 14.4 Å². The molecule has 1 aliphatic rings. The molecule has 0 saturated heterocycles. The maximum absolute atomic E-state index is 10.7. The van der Waals surface area contributed by atoms with E-state index in [1.165, 1.54) is 29.8 Å². The highest BCUT2D eigenvalue weighted by Gasteiger charge is 2.05. The predicted molar refractivity (Wildman–Crippen MR) is 82.1 cm³/mol. The molecule has 0 amide bonds. The minimum Gasteiger partial charge on any atom is -0.478 e. The van der Waals surface area contributed by atoms with Crippen molar-refractivity contribution < 1.29 is 24.6 Å². The van der Waals surface area contributed by atoms with Crippen LogP contribution in [0.1, 0.15) is 46.9 Å². The number of carbonyl (C=O) groups excluding carboxylic acids is 1. The molecule has 0 bridgehead atoms. The van der Waals surface area contributed by atoms with Gasteiger partial charge in [0.05, 0.1) is 11.1 Å². The van der Waals surface area contributed by atoms with Gasteiger partial charge in [0.1, 0.15) is 0 Å². The number of aromatic carboxylic acids is 2. The third-order valence-corrected chi connectivity index (χ3v) is 2.97. The lowest BCUT2D eigenvalue weighted by atomic mass is 10.0. The second-order valence-electron chi connectivity index (χ2n) is 4.72. The van der Waals surface area contributed by atoms with Gasteiger partial charge in [0.2, 0.25) is 0 Å². The maximum Gasteiger partial charge on any atom is 0.335 e. The van der Waals surface area contributed by atoms with E-state index in [0.717, 1.165) is 12.8 Å². The maximum atomic E-state index is 10.7. The summed E-state index contributed by atoms with van der Waals surface area (Å²) in [6.45, 7) is 2.14. The van der Waals surface area contributed by atoms with E-state index in [4.69, 9.17) is 10.2 Å². The van der Waals surface area contributed by atoms with Gasteiger partial charge in [-0.15, -0.1) is 0 Å². The molecule has 2 N–H and O–H groups in total. The summed E-state index contributed by atoms with van der Waals surface area (Å²) < 4.78 is 0. The lowest BCUT2D eigenvalue weighted by molar-refractivity contribution is -0.113. The van der Waals surface area contributed by atoms with Crippen molar-refractivity contribution in [2.45, 2.75) is 26.2 Å². The zero-order valence-electron chi connectivity index (χ0n) is 12.3. The van der Waals surface area contributed by atoms with Crippen molar-refractivity contribution in [1.82, 2.24) is 0 Å². The molecular formula is C17H18O5. The number of carboxylic acid groups (broad SMARTS) is 2. The van der Waals surface area contributed by atoms with E-state index in [1.54, 1.807) is 6.08 Å². The molecule has 2 rings (SSSR count). The summed E-state index contributed by atoms with van der Waals surface area (Å²) in [6.07, 6.45) is 8.48. The molecule has 0 atom stereocenters. The van der Waals surface area contributed by atoms with Crippen molar-refractivity contribution in [3.63, 3.8) is 0 Å². The lowest BCUT2D eigenvalue weighted by Gasteiger charge is -2.02. The van der Waals surface area contributed by atoms with E-state index in [2.05, 4.69) is 6.92 Å². The summed E-state index contributed by atoms with van der Waals surface area (Å²) in [6, 6.07) is 5.02. The first-order chi connectivity index (χ1) is 10.4. The molecule has 0 radical (unpaired) electrons. The van der Waals surface area contributed by atoms with E-state index >= 15 is 0 Å². The van der Waals surface area contributed by atoms with Crippen molar-refractivity contribution in [2.75, 3.05) is 0 Å². The fourth-order valence-electron chi connectivity index (χ4n) is 1.80. The van der Waals surface area contributed by atoms with Gasteiger partial charge in [-0.05, 0) is 36.8 Å². The van der Waals surface area contributed by atoms with E-state index in [1.807, 2.05) is 12.2 Å². The molecule has 0 heterocycles. The van der Waals surface area contributed by atoms with E-state index in [0.29, 0.717) is 6.42 Å². The number of ketones is 1. The van der Waals surface area contributed by atoms with Gasteiger partial charge in [0.25, 0.3) is 0 Å². The molecule has 0 spiro atoms. The van der Waals surface area contributed by atoms with Gasteiger partial charge in [-0.3, -0.25) is 4.79 Å². The number of hydrogen-bond donors (Lipinski definition) is 2. The smallest absolute Gasteiger partial charge is 0.335 e. The number of hydrogen-bond acceptors (Lipinski definition) is 3. The summed E-state index contributed by atoms with van der Waals surface area (Å²) in [5, 5.41) is 16.9. The fourth-order valence-corrected chi connectivity index (χ4v) is 1.80. The van der Waals surface area contributed by atoms with Crippen LogP contribution in [0.15, 0.2) is 48.1 Å². The molecule has 1 aliphatic carbocycles. The first-order valence-corrected chi connectivity index (χ1v) is 6.90. The van der Waals surface area contributed by atoms with Crippen LogP contribution in [0.3, 0.4) is 0 Å². The SMILES string of the molecule is CCCC1=CCC(=O)C=C1.O=C(O)c1ccc(C(=O)O)cc1. The Hall–Kier alpha value is -2.69. The van der Waals surface area contributed by atoms with Crippen LogP contribution in [-0.2, 0) is 4.79 Å². The van der Waals surface area contributed by atoms with Crippen LogP contribution in [0.5, 0.6) is 0 Å². The van der Waals surface area contributed by atoms with Crippen LogP contribution in [0.2, 0.25) is 0 Å².